The lowest BCUT2D eigenvalue weighted by Gasteiger charge is -2.14. The Hall–Kier alpha value is -1.71. The van der Waals surface area contributed by atoms with Gasteiger partial charge in [-0.25, -0.2) is 0 Å². The van der Waals surface area contributed by atoms with Gasteiger partial charge in [0.05, 0.1) is 5.52 Å². The van der Waals surface area contributed by atoms with E-state index in [0.29, 0.717) is 12.5 Å². The molecule has 2 heterocycles. The number of para-hydroxylation sites is 1. The zero-order valence-electron chi connectivity index (χ0n) is 11.8. The van der Waals surface area contributed by atoms with Crippen molar-refractivity contribution in [3.8, 4) is 0 Å². The van der Waals surface area contributed by atoms with Gasteiger partial charge in [-0.05, 0) is 28.6 Å². The van der Waals surface area contributed by atoms with E-state index in [9.17, 15) is 0 Å². The second-order valence-corrected chi connectivity index (χ2v) is 6.63. The van der Waals surface area contributed by atoms with Gasteiger partial charge in [-0.15, -0.1) is 11.8 Å². The molecule has 0 spiro atoms. The van der Waals surface area contributed by atoms with Gasteiger partial charge in [0.15, 0.2) is 0 Å². The second-order valence-electron chi connectivity index (χ2n) is 5.57. The molecule has 1 aromatic heterocycles. The van der Waals surface area contributed by atoms with E-state index in [2.05, 4.69) is 59.3 Å². The highest BCUT2D eigenvalue weighted by Crippen LogP contribution is 2.40. The van der Waals surface area contributed by atoms with Crippen LogP contribution >= 0.6 is 11.8 Å². The topological polar surface area (TPSA) is 30.9 Å². The van der Waals surface area contributed by atoms with E-state index >= 15 is 0 Å². The molecule has 3 aromatic rings. The third-order valence-electron chi connectivity index (χ3n) is 4.31. The predicted molar refractivity (Wildman–Crippen MR) is 89.7 cm³/mol. The molecule has 0 fully saturated rings. The molecular formula is C18H18N2S. The second kappa shape index (κ2) is 5.24. The molecule has 0 amide bonds. The van der Waals surface area contributed by atoms with Crippen LogP contribution in [0.5, 0.6) is 0 Å². The van der Waals surface area contributed by atoms with Gasteiger partial charge in [0.25, 0.3) is 0 Å². The van der Waals surface area contributed by atoms with Crippen LogP contribution in [0.2, 0.25) is 0 Å². The molecule has 0 radical (unpaired) electrons. The molecule has 1 unspecified atom stereocenters. The number of aromatic nitrogens is 1. The van der Waals surface area contributed by atoms with Crippen molar-refractivity contribution in [3.63, 3.8) is 0 Å². The van der Waals surface area contributed by atoms with E-state index in [1.807, 2.05) is 11.8 Å². The molecule has 4 rings (SSSR count). The molecular weight excluding hydrogens is 276 g/mol. The summed E-state index contributed by atoms with van der Waals surface area (Å²) in [5.41, 5.74) is 9.94. The quantitative estimate of drug-likeness (QED) is 0.792. The molecule has 0 saturated carbocycles. The van der Waals surface area contributed by atoms with Gasteiger partial charge in [-0.3, -0.25) is 0 Å². The van der Waals surface area contributed by atoms with Crippen molar-refractivity contribution in [2.24, 2.45) is 5.73 Å². The minimum absolute atomic E-state index is 0.590. The van der Waals surface area contributed by atoms with E-state index in [4.69, 9.17) is 5.73 Å². The number of fused-ring (bicyclic) bond motifs is 2. The van der Waals surface area contributed by atoms with Crippen molar-refractivity contribution < 1.29 is 0 Å². The Morgan fingerprint density at radius 1 is 1.10 bits per heavy atom. The van der Waals surface area contributed by atoms with Crippen LogP contribution in [0.1, 0.15) is 17.0 Å². The average molecular weight is 294 g/mol. The van der Waals surface area contributed by atoms with Crippen LogP contribution in [-0.2, 0) is 13.1 Å². The molecule has 0 bridgehead atoms. The normalized spacial score (nSPS) is 17.3. The number of benzene rings is 2. The van der Waals surface area contributed by atoms with Crippen LogP contribution in [0.3, 0.4) is 0 Å². The molecule has 2 aromatic carbocycles. The van der Waals surface area contributed by atoms with Crippen LogP contribution in [0.25, 0.3) is 10.9 Å². The lowest BCUT2D eigenvalue weighted by Crippen LogP contribution is -2.09. The smallest absolute Gasteiger partial charge is 0.0526 e. The predicted octanol–water partition coefficient (Wildman–Crippen LogP) is 3.99. The van der Waals surface area contributed by atoms with Gasteiger partial charge in [0.1, 0.15) is 0 Å². The fraction of sp³-hybridized carbons (Fsp3) is 0.222. The summed E-state index contributed by atoms with van der Waals surface area (Å²) in [6, 6.07) is 17.4. The number of rotatable bonds is 3. The van der Waals surface area contributed by atoms with Crippen LogP contribution in [0.4, 0.5) is 0 Å². The summed E-state index contributed by atoms with van der Waals surface area (Å²) in [4.78, 5) is 1.44. The molecule has 1 aliphatic heterocycles. The summed E-state index contributed by atoms with van der Waals surface area (Å²) in [5, 5.41) is 1.29. The number of hydrogen-bond donors (Lipinski definition) is 1. The Balaban J connectivity index is 1.73. The first-order chi connectivity index (χ1) is 10.4. The molecule has 1 aliphatic rings. The van der Waals surface area contributed by atoms with Gasteiger partial charge in [-0.1, -0.05) is 36.4 Å². The summed E-state index contributed by atoms with van der Waals surface area (Å²) >= 11 is 1.98. The van der Waals surface area contributed by atoms with Gasteiger partial charge in [-0.2, -0.15) is 0 Å². The van der Waals surface area contributed by atoms with E-state index in [0.717, 1.165) is 6.54 Å². The van der Waals surface area contributed by atoms with Crippen molar-refractivity contribution in [1.82, 2.24) is 4.57 Å². The molecule has 106 valence electrons. The fourth-order valence-electron chi connectivity index (χ4n) is 3.28. The molecule has 21 heavy (non-hydrogen) atoms. The maximum absolute atomic E-state index is 5.91. The van der Waals surface area contributed by atoms with Crippen molar-refractivity contribution >= 4 is 22.7 Å². The van der Waals surface area contributed by atoms with Gasteiger partial charge < -0.3 is 10.3 Å². The van der Waals surface area contributed by atoms with E-state index < -0.39 is 0 Å². The Morgan fingerprint density at radius 2 is 2.00 bits per heavy atom. The van der Waals surface area contributed by atoms with Gasteiger partial charge in [0, 0.05) is 35.9 Å². The van der Waals surface area contributed by atoms with E-state index in [-0.39, 0.29) is 0 Å². The average Bonchev–Trinajstić information content (AvgIpc) is 3.13. The van der Waals surface area contributed by atoms with Gasteiger partial charge >= 0.3 is 0 Å². The molecule has 1 atom stereocenters. The van der Waals surface area contributed by atoms with Crippen LogP contribution in [0, 0.1) is 0 Å². The summed E-state index contributed by atoms with van der Waals surface area (Å²) in [6.07, 6.45) is 2.20. The first-order valence-corrected chi connectivity index (χ1v) is 8.34. The third kappa shape index (κ3) is 2.17. The standard InChI is InChI=1S/C18H18N2S/c19-10-14-5-3-4-13-8-9-20(18(13)14)11-15-12-21-17-7-2-1-6-16(15)17/h1-9,15H,10-12,19H2. The summed E-state index contributed by atoms with van der Waals surface area (Å²) in [6.45, 7) is 1.63. The van der Waals surface area contributed by atoms with Crippen LogP contribution in [0.15, 0.2) is 59.6 Å². The van der Waals surface area contributed by atoms with Crippen LogP contribution in [-0.4, -0.2) is 10.3 Å². The zero-order valence-corrected chi connectivity index (χ0v) is 12.6. The van der Waals surface area contributed by atoms with E-state index in [1.165, 1.54) is 32.7 Å². The summed E-state index contributed by atoms with van der Waals surface area (Å²) in [7, 11) is 0. The number of hydrogen-bond acceptors (Lipinski definition) is 2. The van der Waals surface area contributed by atoms with Crippen molar-refractivity contribution in [2.45, 2.75) is 23.9 Å². The Kier molecular flexibility index (Phi) is 3.24. The maximum atomic E-state index is 5.91. The SMILES string of the molecule is NCc1cccc2ccn(CC3CSc4ccccc43)c12. The van der Waals surface area contributed by atoms with Crippen LogP contribution < -0.4 is 5.73 Å². The Morgan fingerprint density at radius 3 is 2.90 bits per heavy atom. The molecule has 2 nitrogen and oxygen atoms in total. The molecule has 3 heteroatoms. The molecule has 0 saturated heterocycles. The van der Waals surface area contributed by atoms with E-state index in [1.54, 1.807) is 0 Å². The zero-order chi connectivity index (χ0) is 14.2. The lowest BCUT2D eigenvalue weighted by atomic mass is 10.0. The fourth-order valence-corrected chi connectivity index (χ4v) is 4.52. The third-order valence-corrected chi connectivity index (χ3v) is 5.56. The number of nitrogens with zero attached hydrogens (tertiary/aromatic N) is 1. The molecule has 2 N–H and O–H groups in total. The Bertz CT molecular complexity index is 791. The summed E-state index contributed by atoms with van der Waals surface area (Å²) in [5.74, 6) is 1.76. The van der Waals surface area contributed by atoms with Crippen molar-refractivity contribution in [2.75, 3.05) is 5.75 Å². The summed E-state index contributed by atoms with van der Waals surface area (Å²) < 4.78 is 2.38. The minimum atomic E-state index is 0.590. The first-order valence-electron chi connectivity index (χ1n) is 7.35. The number of nitrogens with two attached hydrogens (primary N) is 1. The van der Waals surface area contributed by atoms with Crippen molar-refractivity contribution in [3.05, 3.63) is 65.9 Å². The Labute approximate surface area is 129 Å². The lowest BCUT2D eigenvalue weighted by molar-refractivity contribution is 0.621. The van der Waals surface area contributed by atoms with Gasteiger partial charge in [0.2, 0.25) is 0 Å². The number of thioether (sulfide) groups is 1. The highest BCUT2D eigenvalue weighted by Gasteiger charge is 2.23. The minimum Gasteiger partial charge on any atom is -0.347 e. The monoisotopic (exact) mass is 294 g/mol. The molecule has 0 aliphatic carbocycles. The first kappa shape index (κ1) is 13.0. The largest absolute Gasteiger partial charge is 0.347 e. The highest BCUT2D eigenvalue weighted by atomic mass is 32.2. The van der Waals surface area contributed by atoms with Crippen molar-refractivity contribution in [1.29, 1.82) is 0 Å². The highest BCUT2D eigenvalue weighted by molar-refractivity contribution is 7.99. The maximum Gasteiger partial charge on any atom is 0.0526 e.